The van der Waals surface area contributed by atoms with Crippen LogP contribution in [-0.2, 0) is 6.18 Å². The summed E-state index contributed by atoms with van der Waals surface area (Å²) >= 11 is 6.88. The Kier molecular flexibility index (Phi) is 4.80. The first kappa shape index (κ1) is 16.5. The molecule has 0 amide bonds. The van der Waals surface area contributed by atoms with E-state index in [-0.39, 0.29) is 0 Å². The van der Waals surface area contributed by atoms with Crippen LogP contribution in [0.25, 0.3) is 0 Å². The van der Waals surface area contributed by atoms with Gasteiger partial charge >= 0.3 is 6.18 Å². The Morgan fingerprint density at radius 1 is 1.00 bits per heavy atom. The first-order chi connectivity index (χ1) is 9.70. The van der Waals surface area contributed by atoms with Crippen molar-refractivity contribution in [1.82, 2.24) is 0 Å². The molecule has 0 spiro atoms. The lowest BCUT2D eigenvalue weighted by molar-refractivity contribution is -0.137. The van der Waals surface area contributed by atoms with Crippen LogP contribution in [0.1, 0.15) is 28.3 Å². The van der Waals surface area contributed by atoms with Crippen LogP contribution in [0.15, 0.2) is 45.3 Å². The topological polar surface area (TPSA) is 26.0 Å². The average Bonchev–Trinajstić information content (AvgIpc) is 2.41. The summed E-state index contributed by atoms with van der Waals surface area (Å²) in [7, 11) is 0. The van der Waals surface area contributed by atoms with Gasteiger partial charge in [0.2, 0.25) is 0 Å². The summed E-state index contributed by atoms with van der Waals surface area (Å²) in [5.41, 5.74) is 7.97. The number of halogens is 5. The Morgan fingerprint density at radius 2 is 1.57 bits per heavy atom. The molecule has 0 radical (unpaired) electrons. The number of benzene rings is 2. The van der Waals surface area contributed by atoms with Gasteiger partial charge in [0.15, 0.2) is 0 Å². The van der Waals surface area contributed by atoms with E-state index in [4.69, 9.17) is 5.73 Å². The minimum absolute atomic E-state index is 0.501. The minimum Gasteiger partial charge on any atom is -0.320 e. The smallest absolute Gasteiger partial charge is 0.320 e. The van der Waals surface area contributed by atoms with E-state index in [0.717, 1.165) is 32.2 Å². The summed E-state index contributed by atoms with van der Waals surface area (Å²) in [6, 6.07) is 8.21. The highest BCUT2D eigenvalue weighted by Gasteiger charge is 2.30. The molecule has 0 saturated carbocycles. The van der Waals surface area contributed by atoms with E-state index in [2.05, 4.69) is 31.9 Å². The number of nitrogens with two attached hydrogens (primary N) is 1. The van der Waals surface area contributed by atoms with Gasteiger partial charge in [-0.05, 0) is 47.9 Å². The molecule has 6 heteroatoms. The van der Waals surface area contributed by atoms with Crippen molar-refractivity contribution in [2.75, 3.05) is 0 Å². The monoisotopic (exact) mass is 421 g/mol. The summed E-state index contributed by atoms with van der Waals surface area (Å²) in [6.45, 7) is 1.95. The number of rotatable bonds is 2. The molecule has 0 heterocycles. The predicted octanol–water partition coefficient (Wildman–Crippen LogP) is 5.59. The van der Waals surface area contributed by atoms with E-state index in [9.17, 15) is 13.2 Å². The maximum atomic E-state index is 12.6. The van der Waals surface area contributed by atoms with E-state index in [1.165, 1.54) is 12.1 Å². The Bertz CT molecular complexity index is 651. The highest BCUT2D eigenvalue weighted by atomic mass is 79.9. The normalized spacial score (nSPS) is 13.3. The molecular formula is C15H12Br2F3N. The molecule has 2 rings (SSSR count). The van der Waals surface area contributed by atoms with E-state index >= 15 is 0 Å². The Balaban J connectivity index is 2.36. The quantitative estimate of drug-likeness (QED) is 0.670. The Labute approximate surface area is 137 Å². The summed E-state index contributed by atoms with van der Waals surface area (Å²) in [5, 5.41) is 0. The van der Waals surface area contributed by atoms with Crippen LogP contribution in [0.2, 0.25) is 0 Å². The van der Waals surface area contributed by atoms with Crippen LogP contribution >= 0.6 is 31.9 Å². The average molecular weight is 423 g/mol. The number of aryl methyl sites for hydroxylation is 1. The molecule has 0 aliphatic carbocycles. The van der Waals surface area contributed by atoms with E-state index in [0.29, 0.717) is 5.56 Å². The van der Waals surface area contributed by atoms with Gasteiger partial charge in [0, 0.05) is 8.95 Å². The van der Waals surface area contributed by atoms with Crippen LogP contribution < -0.4 is 5.73 Å². The highest BCUT2D eigenvalue weighted by molar-refractivity contribution is 9.11. The number of alkyl halides is 3. The van der Waals surface area contributed by atoms with Crippen LogP contribution in [0.5, 0.6) is 0 Å². The summed E-state index contributed by atoms with van der Waals surface area (Å²) in [4.78, 5) is 0. The fraction of sp³-hybridized carbons (Fsp3) is 0.200. The lowest BCUT2D eigenvalue weighted by Crippen LogP contribution is -2.13. The highest BCUT2D eigenvalue weighted by Crippen LogP contribution is 2.34. The number of hydrogen-bond acceptors (Lipinski definition) is 1. The third-order valence-electron chi connectivity index (χ3n) is 3.21. The molecule has 21 heavy (non-hydrogen) atoms. The van der Waals surface area contributed by atoms with Crippen molar-refractivity contribution in [2.45, 2.75) is 19.1 Å². The van der Waals surface area contributed by atoms with Gasteiger partial charge in [0.05, 0.1) is 11.6 Å². The molecule has 2 N–H and O–H groups in total. The standard InChI is InChI=1S/C15H12Br2F3N/c1-8-6-13(17)11(7-12(8)16)14(21)9-2-4-10(5-3-9)15(18,19)20/h2-7,14H,21H2,1H3. The van der Waals surface area contributed by atoms with Gasteiger partial charge in [0.25, 0.3) is 0 Å². The zero-order valence-corrected chi connectivity index (χ0v) is 14.2. The molecule has 1 unspecified atom stereocenters. The van der Waals surface area contributed by atoms with Gasteiger partial charge in [-0.15, -0.1) is 0 Å². The van der Waals surface area contributed by atoms with Crippen LogP contribution in [0.4, 0.5) is 13.2 Å². The molecule has 0 bridgehead atoms. The van der Waals surface area contributed by atoms with E-state index < -0.39 is 17.8 Å². The molecular weight excluding hydrogens is 411 g/mol. The molecule has 2 aromatic carbocycles. The maximum Gasteiger partial charge on any atom is 0.416 e. The van der Waals surface area contributed by atoms with Gasteiger partial charge in [-0.3, -0.25) is 0 Å². The molecule has 0 saturated heterocycles. The fourth-order valence-corrected chi connectivity index (χ4v) is 3.02. The van der Waals surface area contributed by atoms with Crippen molar-refractivity contribution in [1.29, 1.82) is 0 Å². The number of hydrogen-bond donors (Lipinski definition) is 1. The SMILES string of the molecule is Cc1cc(Br)c(C(N)c2ccc(C(F)(F)F)cc2)cc1Br. The molecule has 0 aromatic heterocycles. The second-order valence-corrected chi connectivity index (χ2v) is 6.43. The third-order valence-corrected chi connectivity index (χ3v) is 4.75. The second-order valence-electron chi connectivity index (χ2n) is 4.72. The van der Waals surface area contributed by atoms with Crippen molar-refractivity contribution in [3.63, 3.8) is 0 Å². The maximum absolute atomic E-state index is 12.6. The minimum atomic E-state index is -4.34. The van der Waals surface area contributed by atoms with Gasteiger partial charge in [-0.25, -0.2) is 0 Å². The molecule has 112 valence electrons. The zero-order valence-electron chi connectivity index (χ0n) is 11.0. The third kappa shape index (κ3) is 3.67. The van der Waals surface area contributed by atoms with Gasteiger partial charge in [-0.1, -0.05) is 44.0 Å². The molecule has 1 nitrogen and oxygen atoms in total. The molecule has 2 aromatic rings. The lowest BCUT2D eigenvalue weighted by Gasteiger charge is -2.17. The van der Waals surface area contributed by atoms with Crippen molar-refractivity contribution >= 4 is 31.9 Å². The first-order valence-corrected chi connectivity index (χ1v) is 7.67. The summed E-state index contributed by atoms with van der Waals surface area (Å²) in [5.74, 6) is 0. The second kappa shape index (κ2) is 6.10. The van der Waals surface area contributed by atoms with Crippen molar-refractivity contribution in [3.05, 3.63) is 67.6 Å². The molecule has 0 aliphatic rings. The van der Waals surface area contributed by atoms with Crippen molar-refractivity contribution in [2.24, 2.45) is 5.73 Å². The van der Waals surface area contributed by atoms with E-state index in [1.807, 2.05) is 19.1 Å². The van der Waals surface area contributed by atoms with Crippen molar-refractivity contribution < 1.29 is 13.2 Å². The summed E-state index contributed by atoms with van der Waals surface area (Å²) in [6.07, 6.45) is -4.34. The van der Waals surface area contributed by atoms with E-state index in [1.54, 1.807) is 0 Å². The van der Waals surface area contributed by atoms with Gasteiger partial charge in [0.1, 0.15) is 0 Å². The van der Waals surface area contributed by atoms with Crippen LogP contribution in [0, 0.1) is 6.92 Å². The molecule has 1 atom stereocenters. The molecule has 0 aliphatic heterocycles. The van der Waals surface area contributed by atoms with Crippen molar-refractivity contribution in [3.8, 4) is 0 Å². The van der Waals surface area contributed by atoms with Gasteiger partial charge < -0.3 is 5.73 Å². The predicted molar refractivity (Wildman–Crippen MR) is 84.1 cm³/mol. The first-order valence-electron chi connectivity index (χ1n) is 6.08. The summed E-state index contributed by atoms with van der Waals surface area (Å²) < 4.78 is 39.4. The van der Waals surface area contributed by atoms with Crippen LogP contribution in [-0.4, -0.2) is 0 Å². The Hall–Kier alpha value is -0.850. The lowest BCUT2D eigenvalue weighted by atomic mass is 9.98. The van der Waals surface area contributed by atoms with Gasteiger partial charge in [-0.2, -0.15) is 13.2 Å². The molecule has 0 fully saturated rings. The zero-order chi connectivity index (χ0) is 15.8. The Morgan fingerprint density at radius 3 is 2.10 bits per heavy atom. The largest absolute Gasteiger partial charge is 0.416 e. The van der Waals surface area contributed by atoms with Crippen LogP contribution in [0.3, 0.4) is 0 Å². The fourth-order valence-electron chi connectivity index (χ4n) is 1.96.